The maximum absolute atomic E-state index is 13.4. The van der Waals surface area contributed by atoms with Crippen LogP contribution in [0.5, 0.6) is 0 Å². The van der Waals surface area contributed by atoms with Gasteiger partial charge in [0, 0.05) is 11.8 Å². The van der Waals surface area contributed by atoms with Gasteiger partial charge in [-0.05, 0) is 30.3 Å². The number of nitrogens with zero attached hydrogens (tertiary/aromatic N) is 1. The van der Waals surface area contributed by atoms with Crippen LogP contribution in [0.2, 0.25) is 0 Å². The number of nitrogens with one attached hydrogen (secondary N) is 1. The topological polar surface area (TPSA) is 61.8 Å². The van der Waals surface area contributed by atoms with Gasteiger partial charge in [-0.15, -0.1) is 0 Å². The Morgan fingerprint density at radius 3 is 2.50 bits per heavy atom. The van der Waals surface area contributed by atoms with Crippen molar-refractivity contribution in [1.29, 1.82) is 5.26 Å². The van der Waals surface area contributed by atoms with E-state index in [4.69, 9.17) is 11.0 Å². The van der Waals surface area contributed by atoms with Crippen molar-refractivity contribution in [3.05, 3.63) is 53.6 Å². The Morgan fingerprint density at radius 2 is 1.89 bits per heavy atom. The van der Waals surface area contributed by atoms with Crippen molar-refractivity contribution in [3.63, 3.8) is 0 Å². The summed E-state index contributed by atoms with van der Waals surface area (Å²) in [6, 6.07) is 9.79. The Kier molecular flexibility index (Phi) is 3.11. The fourth-order valence-corrected chi connectivity index (χ4v) is 1.49. The lowest BCUT2D eigenvalue weighted by molar-refractivity contribution is 0.586. The molecular weight excluding hydrogens is 236 g/mol. The molecule has 0 aliphatic heterocycles. The highest BCUT2D eigenvalue weighted by Crippen LogP contribution is 2.23. The summed E-state index contributed by atoms with van der Waals surface area (Å²) in [6.07, 6.45) is 0. The quantitative estimate of drug-likeness (QED) is 0.799. The molecule has 0 atom stereocenters. The highest BCUT2D eigenvalue weighted by atomic mass is 19.1. The Labute approximate surface area is 102 Å². The summed E-state index contributed by atoms with van der Waals surface area (Å²) in [5.74, 6) is -1.34. The molecule has 0 aliphatic carbocycles. The SMILES string of the molecule is N#Cc1ccc(Nc2ccc(F)cc2F)cc1N. The summed E-state index contributed by atoms with van der Waals surface area (Å²) in [7, 11) is 0. The normalized spacial score (nSPS) is 9.83. The van der Waals surface area contributed by atoms with Crippen LogP contribution < -0.4 is 11.1 Å². The van der Waals surface area contributed by atoms with Crippen molar-refractivity contribution in [1.82, 2.24) is 0 Å². The number of nitrogens with two attached hydrogens (primary N) is 1. The first-order valence-corrected chi connectivity index (χ1v) is 5.12. The Bertz CT molecular complexity index is 633. The average Bonchev–Trinajstić information content (AvgIpc) is 2.33. The van der Waals surface area contributed by atoms with E-state index < -0.39 is 11.6 Å². The second-order valence-electron chi connectivity index (χ2n) is 3.66. The average molecular weight is 245 g/mol. The van der Waals surface area contributed by atoms with Crippen LogP contribution in [0.4, 0.5) is 25.8 Å². The number of rotatable bonds is 2. The molecular formula is C13H9F2N3. The zero-order valence-corrected chi connectivity index (χ0v) is 9.24. The first-order valence-electron chi connectivity index (χ1n) is 5.12. The van der Waals surface area contributed by atoms with Gasteiger partial charge in [0.25, 0.3) is 0 Å². The lowest BCUT2D eigenvalue weighted by Gasteiger charge is -2.08. The van der Waals surface area contributed by atoms with E-state index in [0.717, 1.165) is 12.1 Å². The van der Waals surface area contributed by atoms with Crippen molar-refractivity contribution in [2.24, 2.45) is 0 Å². The zero-order valence-electron chi connectivity index (χ0n) is 9.24. The minimum absolute atomic E-state index is 0.139. The van der Waals surface area contributed by atoms with Gasteiger partial charge < -0.3 is 11.1 Å². The van der Waals surface area contributed by atoms with E-state index in [1.807, 2.05) is 6.07 Å². The van der Waals surface area contributed by atoms with Crippen LogP contribution in [-0.2, 0) is 0 Å². The second-order valence-corrected chi connectivity index (χ2v) is 3.66. The summed E-state index contributed by atoms with van der Waals surface area (Å²) >= 11 is 0. The molecule has 0 fully saturated rings. The molecule has 18 heavy (non-hydrogen) atoms. The van der Waals surface area contributed by atoms with Crippen LogP contribution >= 0.6 is 0 Å². The molecule has 0 amide bonds. The fourth-order valence-electron chi connectivity index (χ4n) is 1.49. The van der Waals surface area contributed by atoms with E-state index in [2.05, 4.69) is 5.32 Å². The minimum Gasteiger partial charge on any atom is -0.398 e. The predicted octanol–water partition coefficient (Wildman–Crippen LogP) is 3.16. The van der Waals surface area contributed by atoms with Crippen LogP contribution in [0, 0.1) is 23.0 Å². The maximum Gasteiger partial charge on any atom is 0.149 e. The highest BCUT2D eigenvalue weighted by molar-refractivity contribution is 5.67. The van der Waals surface area contributed by atoms with Crippen molar-refractivity contribution >= 4 is 17.1 Å². The fraction of sp³-hybridized carbons (Fsp3) is 0. The number of halogens is 2. The van der Waals surface area contributed by atoms with Gasteiger partial charge in [0.15, 0.2) is 0 Å². The molecule has 0 aliphatic rings. The van der Waals surface area contributed by atoms with E-state index in [-0.39, 0.29) is 5.69 Å². The van der Waals surface area contributed by atoms with Gasteiger partial charge in [0.2, 0.25) is 0 Å². The summed E-state index contributed by atoms with van der Waals surface area (Å²) in [5, 5.41) is 11.5. The van der Waals surface area contributed by atoms with Crippen molar-refractivity contribution in [2.45, 2.75) is 0 Å². The molecule has 2 aromatic rings. The molecule has 0 radical (unpaired) electrons. The molecule has 0 aromatic heterocycles. The molecule has 0 spiro atoms. The molecule has 90 valence electrons. The molecule has 0 heterocycles. The van der Waals surface area contributed by atoms with E-state index in [1.54, 1.807) is 6.07 Å². The summed E-state index contributed by atoms with van der Waals surface area (Å²) in [4.78, 5) is 0. The van der Waals surface area contributed by atoms with Gasteiger partial charge in [-0.3, -0.25) is 0 Å². The van der Waals surface area contributed by atoms with E-state index in [1.165, 1.54) is 18.2 Å². The minimum atomic E-state index is -0.696. The van der Waals surface area contributed by atoms with Crippen LogP contribution in [0.15, 0.2) is 36.4 Å². The van der Waals surface area contributed by atoms with Gasteiger partial charge in [-0.25, -0.2) is 8.78 Å². The van der Waals surface area contributed by atoms with E-state index >= 15 is 0 Å². The molecule has 5 heteroatoms. The molecule has 2 rings (SSSR count). The van der Waals surface area contributed by atoms with E-state index in [0.29, 0.717) is 16.9 Å². The maximum atomic E-state index is 13.4. The third-order valence-electron chi connectivity index (χ3n) is 2.38. The third kappa shape index (κ3) is 2.38. The molecule has 0 saturated heterocycles. The number of hydrogen-bond acceptors (Lipinski definition) is 3. The van der Waals surface area contributed by atoms with Crippen LogP contribution in [0.25, 0.3) is 0 Å². The molecule has 0 saturated carbocycles. The summed E-state index contributed by atoms with van der Waals surface area (Å²) < 4.78 is 26.1. The molecule has 3 N–H and O–H groups in total. The Balaban J connectivity index is 2.29. The van der Waals surface area contributed by atoms with Gasteiger partial charge in [-0.1, -0.05) is 0 Å². The predicted molar refractivity (Wildman–Crippen MR) is 65.2 cm³/mol. The van der Waals surface area contributed by atoms with Crippen LogP contribution in [-0.4, -0.2) is 0 Å². The van der Waals surface area contributed by atoms with Gasteiger partial charge in [0.1, 0.15) is 17.7 Å². The molecule has 2 aromatic carbocycles. The number of anilines is 3. The first-order chi connectivity index (χ1) is 8.60. The van der Waals surface area contributed by atoms with Crippen molar-refractivity contribution in [3.8, 4) is 6.07 Å². The number of benzene rings is 2. The zero-order chi connectivity index (χ0) is 13.1. The largest absolute Gasteiger partial charge is 0.398 e. The molecule has 3 nitrogen and oxygen atoms in total. The number of nitriles is 1. The summed E-state index contributed by atoms with van der Waals surface area (Å²) in [6.45, 7) is 0. The molecule has 0 bridgehead atoms. The second kappa shape index (κ2) is 4.72. The third-order valence-corrected chi connectivity index (χ3v) is 2.38. The Morgan fingerprint density at radius 1 is 1.11 bits per heavy atom. The van der Waals surface area contributed by atoms with E-state index in [9.17, 15) is 8.78 Å². The summed E-state index contributed by atoms with van der Waals surface area (Å²) in [5.41, 5.74) is 6.94. The van der Waals surface area contributed by atoms with Crippen molar-refractivity contribution < 1.29 is 8.78 Å². The number of hydrogen-bond donors (Lipinski definition) is 2. The van der Waals surface area contributed by atoms with Gasteiger partial charge in [0.05, 0.1) is 16.9 Å². The Hall–Kier alpha value is -2.61. The standard InChI is InChI=1S/C13H9F2N3/c14-9-2-4-13(11(15)5-9)18-10-3-1-8(7-16)12(17)6-10/h1-6,18H,17H2. The molecule has 0 unspecified atom stereocenters. The smallest absolute Gasteiger partial charge is 0.149 e. The number of nitrogen functional groups attached to an aromatic ring is 1. The van der Waals surface area contributed by atoms with Gasteiger partial charge >= 0.3 is 0 Å². The lowest BCUT2D eigenvalue weighted by Crippen LogP contribution is -1.97. The van der Waals surface area contributed by atoms with Gasteiger partial charge in [-0.2, -0.15) is 5.26 Å². The van der Waals surface area contributed by atoms with Crippen molar-refractivity contribution in [2.75, 3.05) is 11.1 Å². The lowest BCUT2D eigenvalue weighted by atomic mass is 10.1. The monoisotopic (exact) mass is 245 g/mol. The first kappa shape index (κ1) is 11.9. The van der Waals surface area contributed by atoms with Crippen LogP contribution in [0.3, 0.4) is 0 Å². The van der Waals surface area contributed by atoms with Crippen LogP contribution in [0.1, 0.15) is 5.56 Å². The highest BCUT2D eigenvalue weighted by Gasteiger charge is 2.05.